The molecule has 2 aromatic rings. The van der Waals surface area contributed by atoms with Gasteiger partial charge in [-0.25, -0.2) is 8.42 Å². The van der Waals surface area contributed by atoms with Gasteiger partial charge < -0.3 is 5.32 Å². The van der Waals surface area contributed by atoms with Gasteiger partial charge in [0.2, 0.25) is 13.8 Å². The molecular formula is C15H15Cl3N2O2S. The van der Waals surface area contributed by atoms with Gasteiger partial charge in [0.15, 0.2) is 0 Å². The van der Waals surface area contributed by atoms with Crippen LogP contribution in [0.5, 0.6) is 0 Å². The molecule has 0 aliphatic rings. The van der Waals surface area contributed by atoms with Crippen LogP contribution in [0.25, 0.3) is 0 Å². The van der Waals surface area contributed by atoms with E-state index in [1.165, 1.54) is 12.1 Å². The third kappa shape index (κ3) is 5.26. The normalized spacial score (nSPS) is 13.6. The molecule has 4 nitrogen and oxygen atoms in total. The molecule has 0 heterocycles. The third-order valence-electron chi connectivity index (χ3n) is 3.02. The maximum Gasteiger partial charge on any atom is 0.242 e. The van der Waals surface area contributed by atoms with E-state index in [0.717, 1.165) is 5.56 Å². The zero-order valence-corrected chi connectivity index (χ0v) is 15.2. The largest absolute Gasteiger partial charge is 0.365 e. The van der Waals surface area contributed by atoms with Gasteiger partial charge in [-0.05, 0) is 31.2 Å². The van der Waals surface area contributed by atoms with Gasteiger partial charge in [0, 0.05) is 5.69 Å². The zero-order valence-electron chi connectivity index (χ0n) is 12.1. The number of benzene rings is 2. The molecule has 0 aromatic heterocycles. The molecule has 2 N–H and O–H groups in total. The number of halogens is 3. The van der Waals surface area contributed by atoms with Gasteiger partial charge in [-0.1, -0.05) is 70.7 Å². The van der Waals surface area contributed by atoms with Crippen LogP contribution in [-0.4, -0.2) is 18.4 Å². The van der Waals surface area contributed by atoms with Gasteiger partial charge in [-0.2, -0.15) is 4.72 Å². The van der Waals surface area contributed by atoms with Crippen LogP contribution in [0.3, 0.4) is 0 Å². The van der Waals surface area contributed by atoms with Gasteiger partial charge in [0.25, 0.3) is 0 Å². The van der Waals surface area contributed by atoms with E-state index in [0.29, 0.717) is 5.69 Å². The minimum absolute atomic E-state index is 0.0946. The Balaban J connectivity index is 2.25. The third-order valence-corrected chi connectivity index (χ3v) is 5.11. The van der Waals surface area contributed by atoms with Crippen molar-refractivity contribution in [2.24, 2.45) is 0 Å². The number of hydrogen-bond acceptors (Lipinski definition) is 3. The summed E-state index contributed by atoms with van der Waals surface area (Å²) in [7, 11) is -3.85. The first-order valence-electron chi connectivity index (χ1n) is 6.66. The van der Waals surface area contributed by atoms with Crippen LogP contribution in [0.2, 0.25) is 0 Å². The van der Waals surface area contributed by atoms with Crippen molar-refractivity contribution in [3.05, 3.63) is 60.2 Å². The highest BCUT2D eigenvalue weighted by molar-refractivity contribution is 7.89. The molecule has 1 atom stereocenters. The lowest BCUT2D eigenvalue weighted by atomic mass is 10.2. The number of alkyl halides is 3. The lowest BCUT2D eigenvalue weighted by molar-refractivity contribution is 0.565. The number of para-hydroxylation sites is 1. The number of hydrogen-bond donors (Lipinski definition) is 2. The summed E-state index contributed by atoms with van der Waals surface area (Å²) in [6.45, 7) is 1.87. The van der Waals surface area contributed by atoms with E-state index in [1.807, 2.05) is 13.0 Å². The quantitative estimate of drug-likeness (QED) is 0.594. The average molecular weight is 394 g/mol. The number of nitrogens with one attached hydrogen (secondary N) is 2. The smallest absolute Gasteiger partial charge is 0.242 e. The van der Waals surface area contributed by atoms with Crippen LogP contribution in [0, 0.1) is 6.92 Å². The Morgan fingerprint density at radius 1 is 0.957 bits per heavy atom. The highest BCUT2D eigenvalue weighted by Gasteiger charge is 2.36. The van der Waals surface area contributed by atoms with Crippen molar-refractivity contribution in [1.82, 2.24) is 4.72 Å². The van der Waals surface area contributed by atoms with Crippen LogP contribution in [-0.2, 0) is 10.0 Å². The maximum absolute atomic E-state index is 12.5. The fraction of sp³-hybridized carbons (Fsp3) is 0.200. The van der Waals surface area contributed by atoms with E-state index >= 15 is 0 Å². The molecule has 124 valence electrons. The predicted molar refractivity (Wildman–Crippen MR) is 95.6 cm³/mol. The molecule has 0 radical (unpaired) electrons. The Morgan fingerprint density at radius 2 is 1.52 bits per heavy atom. The summed E-state index contributed by atoms with van der Waals surface area (Å²) in [4.78, 5) is 0.0946. The second-order valence-corrected chi connectivity index (χ2v) is 9.00. The summed E-state index contributed by atoms with van der Waals surface area (Å²) in [6.07, 6.45) is -1.14. The number of anilines is 1. The van der Waals surface area contributed by atoms with Crippen LogP contribution in [0.4, 0.5) is 5.69 Å². The van der Waals surface area contributed by atoms with Crippen molar-refractivity contribution < 1.29 is 8.42 Å². The lowest BCUT2D eigenvalue weighted by Crippen LogP contribution is -2.48. The summed E-state index contributed by atoms with van der Waals surface area (Å²) in [6, 6.07) is 15.3. The molecule has 0 saturated heterocycles. The first-order chi connectivity index (χ1) is 10.7. The summed E-state index contributed by atoms with van der Waals surface area (Å²) in [5, 5.41) is 2.87. The van der Waals surface area contributed by atoms with Gasteiger partial charge in [-0.15, -0.1) is 0 Å². The molecule has 0 bridgehead atoms. The van der Waals surface area contributed by atoms with Crippen LogP contribution >= 0.6 is 34.8 Å². The van der Waals surface area contributed by atoms with Gasteiger partial charge in [-0.3, -0.25) is 0 Å². The second kappa shape index (κ2) is 7.28. The van der Waals surface area contributed by atoms with E-state index in [9.17, 15) is 8.42 Å². The molecule has 8 heteroatoms. The first-order valence-corrected chi connectivity index (χ1v) is 9.27. The fourth-order valence-corrected chi connectivity index (χ4v) is 3.52. The minimum atomic E-state index is -3.85. The van der Waals surface area contributed by atoms with Gasteiger partial charge >= 0.3 is 0 Å². The molecule has 0 aliphatic heterocycles. The topological polar surface area (TPSA) is 58.2 Å². The Kier molecular flexibility index (Phi) is 5.81. The summed E-state index contributed by atoms with van der Waals surface area (Å²) in [5.41, 5.74) is 1.57. The Morgan fingerprint density at radius 3 is 2.04 bits per heavy atom. The van der Waals surface area contributed by atoms with Crippen LogP contribution < -0.4 is 10.0 Å². The molecule has 0 amide bonds. The van der Waals surface area contributed by atoms with E-state index in [2.05, 4.69) is 10.0 Å². The Labute approximate surface area is 150 Å². The van der Waals surface area contributed by atoms with Crippen molar-refractivity contribution >= 4 is 50.5 Å². The van der Waals surface area contributed by atoms with Gasteiger partial charge in [0.05, 0.1) is 4.90 Å². The second-order valence-electron chi connectivity index (χ2n) is 4.92. The molecule has 0 aliphatic carbocycles. The molecule has 23 heavy (non-hydrogen) atoms. The molecule has 0 saturated carbocycles. The summed E-state index contributed by atoms with van der Waals surface area (Å²) in [5.74, 6) is 0. The first kappa shape index (κ1) is 18.4. The molecule has 2 rings (SSSR count). The van der Waals surface area contributed by atoms with Crippen LogP contribution in [0.1, 0.15) is 5.56 Å². The van der Waals surface area contributed by atoms with E-state index < -0.39 is 20.0 Å². The number of aryl methyl sites for hydroxylation is 1. The van der Waals surface area contributed by atoms with Crippen molar-refractivity contribution in [1.29, 1.82) is 0 Å². The standard InChI is InChI=1S/C15H15Cl3N2O2S/c1-11-7-9-13(10-8-11)23(21,22)20-14(15(16,17)18)19-12-5-3-2-4-6-12/h2-10,14,19-20H,1H3/t14-/m0/s1. The van der Waals surface area contributed by atoms with E-state index in [1.54, 1.807) is 36.4 Å². The zero-order chi connectivity index (χ0) is 17.1. The highest BCUT2D eigenvalue weighted by atomic mass is 35.6. The van der Waals surface area contributed by atoms with E-state index in [-0.39, 0.29) is 4.90 Å². The molecular weight excluding hydrogens is 379 g/mol. The number of rotatable bonds is 5. The predicted octanol–water partition coefficient (Wildman–Crippen LogP) is 4.08. The maximum atomic E-state index is 12.5. The van der Waals surface area contributed by atoms with Crippen molar-refractivity contribution in [3.63, 3.8) is 0 Å². The molecule has 0 fully saturated rings. The number of sulfonamides is 1. The highest BCUT2D eigenvalue weighted by Crippen LogP contribution is 2.32. The SMILES string of the molecule is Cc1ccc(S(=O)(=O)N[C@H](Nc2ccccc2)C(Cl)(Cl)Cl)cc1. The molecule has 0 spiro atoms. The average Bonchev–Trinajstić information content (AvgIpc) is 2.47. The van der Waals surface area contributed by atoms with E-state index in [4.69, 9.17) is 34.8 Å². The van der Waals surface area contributed by atoms with Crippen molar-refractivity contribution in [2.75, 3.05) is 5.32 Å². The van der Waals surface area contributed by atoms with Crippen molar-refractivity contribution in [3.8, 4) is 0 Å². The summed E-state index contributed by atoms with van der Waals surface area (Å²) < 4.78 is 25.4. The minimum Gasteiger partial charge on any atom is -0.365 e. The fourth-order valence-electron chi connectivity index (χ4n) is 1.82. The molecule has 0 unspecified atom stereocenters. The van der Waals surface area contributed by atoms with Crippen LogP contribution in [0.15, 0.2) is 59.5 Å². The summed E-state index contributed by atoms with van der Waals surface area (Å²) >= 11 is 17.7. The van der Waals surface area contributed by atoms with Crippen molar-refractivity contribution in [2.45, 2.75) is 21.8 Å². The molecule has 2 aromatic carbocycles. The monoisotopic (exact) mass is 392 g/mol. The van der Waals surface area contributed by atoms with Gasteiger partial charge in [0.1, 0.15) is 6.17 Å². The Bertz CT molecular complexity index is 745. The lowest BCUT2D eigenvalue weighted by Gasteiger charge is -2.27. The Hall–Kier alpha value is -0.980.